The first-order valence-corrected chi connectivity index (χ1v) is 11.3. The van der Waals surface area contributed by atoms with E-state index in [1.807, 2.05) is 32.1 Å². The Kier molecular flexibility index (Phi) is 6.66. The van der Waals surface area contributed by atoms with Crippen LogP contribution in [0.15, 0.2) is 40.6 Å². The average molecular weight is 415 g/mol. The standard InChI is InChI=1S/C15H20BNO4P2S2/c1-25(19,20)13-7-6-12(24-13)14(18)17-8-10-2-4-11(5-3-10)21-9-15(16,22)23/h2-7H,8-9,16,22-23H2,1H3,(H,17,18). The molecule has 2 rings (SSSR count). The van der Waals surface area contributed by atoms with Gasteiger partial charge >= 0.3 is 0 Å². The maximum atomic E-state index is 12.1. The number of carbonyl (C=O) groups is 1. The lowest BCUT2D eigenvalue weighted by Crippen LogP contribution is -2.22. The van der Waals surface area contributed by atoms with Crippen molar-refractivity contribution in [1.29, 1.82) is 0 Å². The summed E-state index contributed by atoms with van der Waals surface area (Å²) in [4.78, 5) is 12.4. The van der Waals surface area contributed by atoms with Gasteiger partial charge in [-0.15, -0.1) is 29.8 Å². The molecule has 1 N–H and O–H groups in total. The summed E-state index contributed by atoms with van der Waals surface area (Å²) in [6, 6.07) is 10.5. The van der Waals surface area contributed by atoms with Crippen LogP contribution in [-0.2, 0) is 16.4 Å². The average Bonchev–Trinajstić information content (AvgIpc) is 3.01. The molecule has 1 heterocycles. The molecule has 0 saturated carbocycles. The van der Waals surface area contributed by atoms with Crippen LogP contribution >= 0.6 is 29.8 Å². The normalized spacial score (nSPS) is 12.0. The molecule has 0 spiro atoms. The van der Waals surface area contributed by atoms with E-state index < -0.39 is 9.84 Å². The molecule has 1 aromatic carbocycles. The first kappa shape index (κ1) is 20.4. The van der Waals surface area contributed by atoms with Crippen LogP contribution in [0.1, 0.15) is 15.2 Å². The molecule has 0 aliphatic carbocycles. The van der Waals surface area contributed by atoms with Crippen molar-refractivity contribution in [2.24, 2.45) is 0 Å². The van der Waals surface area contributed by atoms with E-state index in [1.165, 1.54) is 12.1 Å². The first-order chi connectivity index (χ1) is 11.5. The fourth-order valence-electron chi connectivity index (χ4n) is 1.85. The Hall–Kier alpha value is -0.935. The van der Waals surface area contributed by atoms with Gasteiger partial charge in [-0.3, -0.25) is 4.79 Å². The number of ether oxygens (including phenoxy) is 1. The molecule has 2 aromatic rings. The molecule has 25 heavy (non-hydrogen) atoms. The van der Waals surface area contributed by atoms with Gasteiger partial charge < -0.3 is 10.1 Å². The lowest BCUT2D eigenvalue weighted by Gasteiger charge is -2.18. The number of hydrogen-bond acceptors (Lipinski definition) is 5. The van der Waals surface area contributed by atoms with Crippen LogP contribution in [0, 0.1) is 0 Å². The third-order valence-corrected chi connectivity index (χ3v) is 6.33. The minimum atomic E-state index is -3.28. The van der Waals surface area contributed by atoms with Crippen LogP contribution in [0.4, 0.5) is 0 Å². The maximum absolute atomic E-state index is 12.1. The predicted octanol–water partition coefficient (Wildman–Crippen LogP) is 1.50. The number of carbonyl (C=O) groups excluding carboxylic acids is 1. The highest BCUT2D eigenvalue weighted by Crippen LogP contribution is 2.24. The summed E-state index contributed by atoms with van der Waals surface area (Å²) in [5, 5.41) is 2.78. The lowest BCUT2D eigenvalue weighted by molar-refractivity contribution is 0.0955. The fourth-order valence-corrected chi connectivity index (χ4v) is 3.86. The Morgan fingerprint density at radius 3 is 2.40 bits per heavy atom. The predicted molar refractivity (Wildman–Crippen MR) is 111 cm³/mol. The molecule has 1 amide bonds. The van der Waals surface area contributed by atoms with E-state index in [0.29, 0.717) is 18.0 Å². The van der Waals surface area contributed by atoms with E-state index in [9.17, 15) is 13.2 Å². The van der Waals surface area contributed by atoms with Crippen molar-refractivity contribution in [1.82, 2.24) is 5.32 Å². The number of amides is 1. The summed E-state index contributed by atoms with van der Waals surface area (Å²) in [5.74, 6) is 0.476. The summed E-state index contributed by atoms with van der Waals surface area (Å²) < 4.78 is 28.8. The molecule has 0 aliphatic rings. The molecule has 134 valence electrons. The van der Waals surface area contributed by atoms with Crippen molar-refractivity contribution in [3.05, 3.63) is 46.8 Å². The third kappa shape index (κ3) is 6.71. The minimum absolute atomic E-state index is 0.0713. The Morgan fingerprint density at radius 1 is 1.24 bits per heavy atom. The topological polar surface area (TPSA) is 72.5 Å². The molecule has 0 fully saturated rings. The summed E-state index contributed by atoms with van der Waals surface area (Å²) in [6.07, 6.45) is 1.13. The Labute approximate surface area is 157 Å². The molecule has 2 unspecified atom stereocenters. The van der Waals surface area contributed by atoms with Gasteiger partial charge in [-0.05, 0) is 29.8 Å². The largest absolute Gasteiger partial charge is 0.493 e. The first-order valence-electron chi connectivity index (χ1n) is 7.42. The van der Waals surface area contributed by atoms with Crippen molar-refractivity contribution >= 4 is 53.4 Å². The number of hydrogen-bond donors (Lipinski definition) is 1. The summed E-state index contributed by atoms with van der Waals surface area (Å²) >= 11 is 0.970. The second-order valence-corrected chi connectivity index (χ2v) is 12.6. The molecular weight excluding hydrogens is 395 g/mol. The van der Waals surface area contributed by atoms with E-state index in [4.69, 9.17) is 4.74 Å². The Balaban J connectivity index is 1.90. The van der Waals surface area contributed by atoms with Gasteiger partial charge in [-0.1, -0.05) is 12.1 Å². The van der Waals surface area contributed by atoms with Gasteiger partial charge in [0.1, 0.15) is 17.8 Å². The van der Waals surface area contributed by atoms with Gasteiger partial charge in [0.25, 0.3) is 5.91 Å². The summed E-state index contributed by atoms with van der Waals surface area (Å²) in [7, 11) is 4.15. The van der Waals surface area contributed by atoms with E-state index in [2.05, 4.69) is 23.8 Å². The van der Waals surface area contributed by atoms with Gasteiger partial charge in [-0.25, -0.2) is 8.42 Å². The lowest BCUT2D eigenvalue weighted by atomic mass is 10.0. The number of sulfone groups is 1. The second-order valence-electron chi connectivity index (χ2n) is 6.01. The van der Waals surface area contributed by atoms with Crippen LogP contribution in [0.3, 0.4) is 0 Å². The quantitative estimate of drug-likeness (QED) is 0.550. The maximum Gasteiger partial charge on any atom is 0.261 e. The Bertz CT molecular complexity index is 845. The van der Waals surface area contributed by atoms with E-state index in [0.717, 1.165) is 28.9 Å². The zero-order chi connectivity index (χ0) is 18.7. The SMILES string of the molecule is BC(P)(P)COc1ccc(CNC(=O)c2ccc(S(C)(=O)=O)s2)cc1. The smallest absolute Gasteiger partial charge is 0.261 e. The highest BCUT2D eigenvalue weighted by molar-refractivity contribution is 7.92. The van der Waals surface area contributed by atoms with Crippen LogP contribution in [-0.4, -0.2) is 39.8 Å². The molecule has 5 nitrogen and oxygen atoms in total. The van der Waals surface area contributed by atoms with E-state index >= 15 is 0 Å². The minimum Gasteiger partial charge on any atom is -0.493 e. The van der Waals surface area contributed by atoms with Gasteiger partial charge in [0.2, 0.25) is 0 Å². The van der Waals surface area contributed by atoms with Gasteiger partial charge in [0, 0.05) is 17.6 Å². The summed E-state index contributed by atoms with van der Waals surface area (Å²) in [5.41, 5.74) is 0.931. The van der Waals surface area contributed by atoms with Crippen molar-refractivity contribution in [2.75, 3.05) is 12.9 Å². The van der Waals surface area contributed by atoms with Crippen LogP contribution in [0.5, 0.6) is 5.75 Å². The number of benzene rings is 1. The van der Waals surface area contributed by atoms with E-state index in [1.54, 1.807) is 0 Å². The zero-order valence-electron chi connectivity index (χ0n) is 14.0. The Morgan fingerprint density at radius 2 is 1.88 bits per heavy atom. The molecule has 10 heteroatoms. The van der Waals surface area contributed by atoms with E-state index in [-0.39, 0.29) is 14.9 Å². The van der Waals surface area contributed by atoms with Gasteiger partial charge in [0.05, 0.1) is 11.5 Å². The highest BCUT2D eigenvalue weighted by Gasteiger charge is 2.15. The van der Waals surface area contributed by atoms with Crippen molar-refractivity contribution < 1.29 is 17.9 Å². The molecule has 0 aliphatic heterocycles. The van der Waals surface area contributed by atoms with Crippen LogP contribution in [0.2, 0.25) is 0 Å². The summed E-state index contributed by atoms with van der Waals surface area (Å²) in [6.45, 7) is 0.912. The van der Waals surface area contributed by atoms with Crippen molar-refractivity contribution in [3.8, 4) is 5.75 Å². The second kappa shape index (κ2) is 8.17. The number of thiophene rings is 1. The zero-order valence-corrected chi connectivity index (χ0v) is 17.9. The van der Waals surface area contributed by atoms with Crippen molar-refractivity contribution in [3.63, 3.8) is 0 Å². The molecule has 2 atom stereocenters. The van der Waals surface area contributed by atoms with Crippen molar-refractivity contribution in [2.45, 2.75) is 15.6 Å². The molecule has 0 radical (unpaired) electrons. The van der Waals surface area contributed by atoms with Gasteiger partial charge in [-0.2, -0.15) is 0 Å². The van der Waals surface area contributed by atoms with Gasteiger partial charge in [0.15, 0.2) is 9.84 Å². The van der Waals surface area contributed by atoms with Crippen LogP contribution < -0.4 is 10.1 Å². The van der Waals surface area contributed by atoms with Crippen LogP contribution in [0.25, 0.3) is 0 Å². The third-order valence-electron chi connectivity index (χ3n) is 3.10. The molecule has 0 saturated heterocycles. The molecule has 0 bridgehead atoms. The highest BCUT2D eigenvalue weighted by atomic mass is 32.2. The number of rotatable bonds is 7. The fraction of sp³-hybridized carbons (Fsp3) is 0.267. The molecule has 1 aromatic heterocycles. The molecular formula is C15H20BNO4P2S2. The number of nitrogens with one attached hydrogen (secondary N) is 1. The monoisotopic (exact) mass is 415 g/mol.